The molecular weight excluding hydrogens is 330 g/mol. The Morgan fingerprint density at radius 2 is 1.88 bits per heavy atom. The largest absolute Gasteiger partial charge is 0.497 e. The van der Waals surface area contributed by atoms with Crippen LogP contribution in [0, 0.1) is 5.92 Å². The zero-order chi connectivity index (χ0) is 18.5. The van der Waals surface area contributed by atoms with Crippen molar-refractivity contribution in [2.24, 2.45) is 5.92 Å². The predicted octanol–water partition coefficient (Wildman–Crippen LogP) is 2.64. The van der Waals surface area contributed by atoms with Crippen molar-refractivity contribution < 1.29 is 9.53 Å². The van der Waals surface area contributed by atoms with Gasteiger partial charge in [-0.3, -0.25) is 9.59 Å². The first kappa shape index (κ1) is 17.8. The molecule has 6 heteroatoms. The lowest BCUT2D eigenvalue weighted by Crippen LogP contribution is -2.28. The number of aromatic nitrogens is 3. The minimum atomic E-state index is -0.285. The topological polar surface area (TPSA) is 74.1 Å². The Balaban J connectivity index is 1.63. The quantitative estimate of drug-likeness (QED) is 0.654. The van der Waals surface area contributed by atoms with Crippen LogP contribution in [-0.2, 0) is 17.8 Å². The van der Waals surface area contributed by atoms with Gasteiger partial charge in [0.05, 0.1) is 12.5 Å². The van der Waals surface area contributed by atoms with E-state index in [1.165, 1.54) is 0 Å². The summed E-state index contributed by atoms with van der Waals surface area (Å²) in [7, 11) is 1.63. The summed E-state index contributed by atoms with van der Waals surface area (Å²) >= 11 is 0. The van der Waals surface area contributed by atoms with E-state index in [1.807, 2.05) is 31.2 Å². The Morgan fingerprint density at radius 1 is 1.15 bits per heavy atom. The molecule has 1 aromatic heterocycles. The number of fused-ring (bicyclic) bond motifs is 1. The number of benzene rings is 2. The van der Waals surface area contributed by atoms with E-state index in [0.29, 0.717) is 17.3 Å². The molecule has 6 nitrogen and oxygen atoms in total. The van der Waals surface area contributed by atoms with E-state index in [9.17, 15) is 9.59 Å². The Hall–Kier alpha value is -3.02. The molecule has 0 N–H and O–H groups in total. The molecule has 0 spiro atoms. The first-order valence-electron chi connectivity index (χ1n) is 8.54. The van der Waals surface area contributed by atoms with Crippen molar-refractivity contribution in [3.8, 4) is 5.75 Å². The van der Waals surface area contributed by atoms with Crippen LogP contribution in [0.1, 0.15) is 18.9 Å². The SMILES string of the molecule is COc1ccc(C[C@@H](C)CC(=O)Cn2nnc3ccccc3c2=O)cc1. The molecule has 0 radical (unpaired) electrons. The van der Waals surface area contributed by atoms with Gasteiger partial charge in [-0.05, 0) is 42.2 Å². The maximum atomic E-state index is 12.4. The number of hydrogen-bond donors (Lipinski definition) is 0. The Labute approximate surface area is 151 Å². The molecule has 0 aliphatic carbocycles. The molecule has 134 valence electrons. The molecule has 3 aromatic rings. The highest BCUT2D eigenvalue weighted by Crippen LogP contribution is 2.16. The third-order valence-corrected chi connectivity index (χ3v) is 4.27. The second-order valence-electron chi connectivity index (χ2n) is 6.47. The van der Waals surface area contributed by atoms with Crippen molar-refractivity contribution in [3.05, 3.63) is 64.4 Å². The van der Waals surface area contributed by atoms with Gasteiger partial charge in [0.25, 0.3) is 5.56 Å². The van der Waals surface area contributed by atoms with Crippen LogP contribution < -0.4 is 10.3 Å². The molecular formula is C20H21N3O3. The standard InChI is InChI=1S/C20H21N3O3/c1-14(11-15-7-9-17(26-2)10-8-15)12-16(24)13-23-20(25)18-5-3-4-6-19(18)21-22-23/h3-10,14H,11-13H2,1-2H3/t14-/m1/s1. The van der Waals surface area contributed by atoms with Gasteiger partial charge in [-0.2, -0.15) is 0 Å². The average Bonchev–Trinajstić information content (AvgIpc) is 2.65. The van der Waals surface area contributed by atoms with Gasteiger partial charge < -0.3 is 4.74 Å². The van der Waals surface area contributed by atoms with Crippen LogP contribution in [0.4, 0.5) is 0 Å². The summed E-state index contributed by atoms with van der Waals surface area (Å²) in [6.45, 7) is 1.97. The number of ketones is 1. The van der Waals surface area contributed by atoms with E-state index in [2.05, 4.69) is 10.3 Å². The third kappa shape index (κ3) is 4.14. The van der Waals surface area contributed by atoms with Crippen LogP contribution in [0.5, 0.6) is 5.75 Å². The van der Waals surface area contributed by atoms with Gasteiger partial charge >= 0.3 is 0 Å². The van der Waals surface area contributed by atoms with Gasteiger partial charge in [0.1, 0.15) is 17.8 Å². The van der Waals surface area contributed by atoms with Crippen molar-refractivity contribution in [2.45, 2.75) is 26.3 Å². The van der Waals surface area contributed by atoms with Crippen molar-refractivity contribution in [1.29, 1.82) is 0 Å². The van der Waals surface area contributed by atoms with E-state index < -0.39 is 0 Å². The fraction of sp³-hybridized carbons (Fsp3) is 0.300. The lowest BCUT2D eigenvalue weighted by atomic mass is 9.96. The lowest BCUT2D eigenvalue weighted by molar-refractivity contribution is -0.120. The molecule has 1 heterocycles. The summed E-state index contributed by atoms with van der Waals surface area (Å²) in [6, 6.07) is 14.8. The monoisotopic (exact) mass is 351 g/mol. The zero-order valence-electron chi connectivity index (χ0n) is 14.9. The third-order valence-electron chi connectivity index (χ3n) is 4.27. The maximum absolute atomic E-state index is 12.4. The fourth-order valence-corrected chi connectivity index (χ4v) is 2.98. The van der Waals surface area contributed by atoms with Gasteiger partial charge in [-0.1, -0.05) is 36.4 Å². The summed E-state index contributed by atoms with van der Waals surface area (Å²) in [5.74, 6) is 0.949. The van der Waals surface area contributed by atoms with Crippen LogP contribution >= 0.6 is 0 Å². The number of carbonyl (C=O) groups is 1. The van der Waals surface area contributed by atoms with Crippen molar-refractivity contribution in [3.63, 3.8) is 0 Å². The van der Waals surface area contributed by atoms with Crippen LogP contribution in [0.25, 0.3) is 10.9 Å². The average molecular weight is 351 g/mol. The summed E-state index contributed by atoms with van der Waals surface area (Å²) in [5.41, 5.74) is 1.40. The number of rotatable bonds is 7. The summed E-state index contributed by atoms with van der Waals surface area (Å²) in [5, 5.41) is 8.36. The summed E-state index contributed by atoms with van der Waals surface area (Å²) in [6.07, 6.45) is 1.17. The van der Waals surface area contributed by atoms with Gasteiger partial charge in [0.15, 0.2) is 5.78 Å². The Morgan fingerprint density at radius 3 is 2.62 bits per heavy atom. The highest BCUT2D eigenvalue weighted by molar-refractivity contribution is 5.79. The minimum Gasteiger partial charge on any atom is -0.497 e. The molecule has 0 unspecified atom stereocenters. The maximum Gasteiger partial charge on any atom is 0.278 e. The molecule has 0 aliphatic heterocycles. The molecule has 0 saturated heterocycles. The van der Waals surface area contributed by atoms with Crippen molar-refractivity contribution in [2.75, 3.05) is 7.11 Å². The van der Waals surface area contributed by atoms with Gasteiger partial charge in [0.2, 0.25) is 0 Å². The van der Waals surface area contributed by atoms with Gasteiger partial charge in [0, 0.05) is 6.42 Å². The fourth-order valence-electron chi connectivity index (χ4n) is 2.98. The number of methoxy groups -OCH3 is 1. The molecule has 0 aliphatic rings. The second-order valence-corrected chi connectivity index (χ2v) is 6.47. The van der Waals surface area contributed by atoms with E-state index in [1.54, 1.807) is 31.4 Å². The predicted molar refractivity (Wildman–Crippen MR) is 99.3 cm³/mol. The second kappa shape index (κ2) is 7.91. The molecule has 0 fully saturated rings. The Bertz CT molecular complexity index is 964. The van der Waals surface area contributed by atoms with Crippen LogP contribution in [0.2, 0.25) is 0 Å². The summed E-state index contributed by atoms with van der Waals surface area (Å²) < 4.78 is 6.29. The molecule has 1 atom stereocenters. The smallest absolute Gasteiger partial charge is 0.278 e. The number of hydrogen-bond acceptors (Lipinski definition) is 5. The number of nitrogens with zero attached hydrogens (tertiary/aromatic N) is 3. The Kier molecular flexibility index (Phi) is 5.41. The van der Waals surface area contributed by atoms with E-state index >= 15 is 0 Å². The number of carbonyl (C=O) groups excluding carboxylic acids is 1. The molecule has 0 saturated carbocycles. The van der Waals surface area contributed by atoms with E-state index in [4.69, 9.17) is 4.74 Å². The molecule has 2 aromatic carbocycles. The van der Waals surface area contributed by atoms with Crippen molar-refractivity contribution in [1.82, 2.24) is 15.0 Å². The first-order chi connectivity index (χ1) is 12.6. The van der Waals surface area contributed by atoms with Crippen LogP contribution in [0.15, 0.2) is 53.3 Å². The van der Waals surface area contributed by atoms with E-state index in [-0.39, 0.29) is 23.8 Å². The number of ether oxygens (including phenoxy) is 1. The van der Waals surface area contributed by atoms with Crippen molar-refractivity contribution >= 4 is 16.7 Å². The molecule has 0 bridgehead atoms. The van der Waals surface area contributed by atoms with Crippen LogP contribution in [-0.4, -0.2) is 27.9 Å². The molecule has 3 rings (SSSR count). The highest BCUT2D eigenvalue weighted by atomic mass is 16.5. The minimum absolute atomic E-state index is 0.0299. The normalized spacial score (nSPS) is 12.1. The van der Waals surface area contributed by atoms with E-state index in [0.717, 1.165) is 22.4 Å². The molecule has 26 heavy (non-hydrogen) atoms. The molecule has 0 amide bonds. The van der Waals surface area contributed by atoms with Gasteiger partial charge in [-0.15, -0.1) is 5.10 Å². The lowest BCUT2D eigenvalue weighted by Gasteiger charge is -2.11. The highest BCUT2D eigenvalue weighted by Gasteiger charge is 2.13. The number of Topliss-reactive ketones (excluding diaryl/α,β-unsaturated/α-hetero) is 1. The van der Waals surface area contributed by atoms with Gasteiger partial charge in [-0.25, -0.2) is 4.68 Å². The first-order valence-corrected chi connectivity index (χ1v) is 8.54. The van der Waals surface area contributed by atoms with Crippen LogP contribution in [0.3, 0.4) is 0 Å². The summed E-state index contributed by atoms with van der Waals surface area (Å²) in [4.78, 5) is 24.8. The zero-order valence-corrected chi connectivity index (χ0v) is 14.9.